The van der Waals surface area contributed by atoms with Crippen LogP contribution in [0.1, 0.15) is 31.0 Å². The van der Waals surface area contributed by atoms with Gasteiger partial charge in [0.25, 0.3) is 0 Å². The van der Waals surface area contributed by atoms with Crippen molar-refractivity contribution in [1.82, 2.24) is 14.7 Å². The lowest BCUT2D eigenvalue weighted by Gasteiger charge is -2.40. The number of rotatable bonds is 7. The Balaban J connectivity index is 1.74. The van der Waals surface area contributed by atoms with Gasteiger partial charge >= 0.3 is 0 Å². The molecule has 0 aliphatic carbocycles. The Hall–Kier alpha value is -2.31. The van der Waals surface area contributed by atoms with Crippen molar-refractivity contribution in [2.75, 3.05) is 45.8 Å². The lowest BCUT2D eigenvalue weighted by Crippen LogP contribution is -2.52. The number of halogens is 2. The van der Waals surface area contributed by atoms with Crippen LogP contribution in [0.25, 0.3) is 0 Å². The molecule has 156 valence electrons. The normalized spacial score (nSPS) is 15.3. The topological polar surface area (TPSA) is 26.8 Å². The van der Waals surface area contributed by atoms with Gasteiger partial charge in [-0.15, -0.1) is 0 Å². The van der Waals surface area contributed by atoms with E-state index in [1.807, 2.05) is 4.90 Å². The maximum Gasteiger partial charge on any atom is 0.236 e. The first-order valence-electron chi connectivity index (χ1n) is 10.3. The second-order valence-electron chi connectivity index (χ2n) is 7.38. The van der Waals surface area contributed by atoms with Crippen molar-refractivity contribution >= 4 is 5.91 Å². The Kier molecular flexibility index (Phi) is 7.34. The lowest BCUT2D eigenvalue weighted by molar-refractivity contribution is -0.134. The second kappa shape index (κ2) is 9.94. The maximum atomic E-state index is 13.4. The molecule has 1 aliphatic rings. The summed E-state index contributed by atoms with van der Waals surface area (Å²) in [5.41, 5.74) is 1.92. The molecule has 3 rings (SSSR count). The summed E-state index contributed by atoms with van der Waals surface area (Å²) < 4.78 is 26.9. The van der Waals surface area contributed by atoms with Gasteiger partial charge in [0.2, 0.25) is 5.91 Å². The van der Waals surface area contributed by atoms with Crippen molar-refractivity contribution in [2.24, 2.45) is 0 Å². The van der Waals surface area contributed by atoms with Crippen molar-refractivity contribution in [3.05, 3.63) is 71.3 Å². The zero-order valence-electron chi connectivity index (χ0n) is 17.2. The summed E-state index contributed by atoms with van der Waals surface area (Å²) in [4.78, 5) is 18.9. The number of amides is 1. The largest absolute Gasteiger partial charge is 0.339 e. The first-order chi connectivity index (χ1) is 14.0. The van der Waals surface area contributed by atoms with Crippen LogP contribution in [0.2, 0.25) is 0 Å². The summed E-state index contributed by atoms with van der Waals surface area (Å²) >= 11 is 0. The molecule has 4 nitrogen and oxygen atoms in total. The van der Waals surface area contributed by atoms with Crippen molar-refractivity contribution in [3.8, 4) is 0 Å². The minimum absolute atomic E-state index is 0.101. The van der Waals surface area contributed by atoms with Crippen LogP contribution in [0.15, 0.2) is 48.5 Å². The molecule has 0 N–H and O–H groups in total. The molecular formula is C23H29F2N3O. The molecule has 0 aromatic heterocycles. The number of benzene rings is 2. The van der Waals surface area contributed by atoms with Crippen molar-refractivity contribution in [3.63, 3.8) is 0 Å². The van der Waals surface area contributed by atoms with Gasteiger partial charge in [-0.3, -0.25) is 14.6 Å². The number of piperazine rings is 1. The number of likely N-dealkylation sites (N-methyl/N-ethyl adjacent to an activating group) is 1. The number of hydrogen-bond acceptors (Lipinski definition) is 3. The van der Waals surface area contributed by atoms with E-state index < -0.39 is 0 Å². The van der Waals surface area contributed by atoms with Gasteiger partial charge in [-0.2, -0.15) is 0 Å². The van der Waals surface area contributed by atoms with Gasteiger partial charge in [0, 0.05) is 26.2 Å². The Bertz CT molecular complexity index is 737. The number of carbonyl (C=O) groups excluding carboxylic acids is 1. The number of nitrogens with zero attached hydrogens (tertiary/aromatic N) is 3. The second-order valence-corrected chi connectivity index (χ2v) is 7.38. The van der Waals surface area contributed by atoms with Crippen LogP contribution in [0, 0.1) is 11.6 Å². The predicted molar refractivity (Wildman–Crippen MR) is 111 cm³/mol. The molecule has 0 saturated carbocycles. The molecule has 6 heteroatoms. The zero-order chi connectivity index (χ0) is 20.8. The van der Waals surface area contributed by atoms with Gasteiger partial charge in [0.1, 0.15) is 11.6 Å². The fourth-order valence-electron chi connectivity index (χ4n) is 3.87. The van der Waals surface area contributed by atoms with E-state index in [1.165, 1.54) is 24.3 Å². The Morgan fingerprint density at radius 3 is 1.72 bits per heavy atom. The van der Waals surface area contributed by atoms with Crippen LogP contribution >= 0.6 is 0 Å². The third kappa shape index (κ3) is 5.40. The average molecular weight is 402 g/mol. The first kappa shape index (κ1) is 21.4. The average Bonchev–Trinajstić information content (AvgIpc) is 2.75. The molecule has 1 heterocycles. The molecule has 2 aromatic rings. The quantitative estimate of drug-likeness (QED) is 0.710. The maximum absolute atomic E-state index is 13.4. The van der Waals surface area contributed by atoms with E-state index in [0.29, 0.717) is 32.7 Å². The van der Waals surface area contributed by atoms with E-state index in [1.54, 1.807) is 24.3 Å². The zero-order valence-corrected chi connectivity index (χ0v) is 17.2. The van der Waals surface area contributed by atoms with Gasteiger partial charge in [-0.25, -0.2) is 8.78 Å². The molecule has 0 radical (unpaired) electrons. The van der Waals surface area contributed by atoms with Crippen LogP contribution in [-0.4, -0.2) is 66.4 Å². The summed E-state index contributed by atoms with van der Waals surface area (Å²) in [6, 6.07) is 12.8. The van der Waals surface area contributed by atoms with Gasteiger partial charge in [-0.05, 0) is 48.5 Å². The highest BCUT2D eigenvalue weighted by Crippen LogP contribution is 2.30. The van der Waals surface area contributed by atoms with E-state index >= 15 is 0 Å². The van der Waals surface area contributed by atoms with E-state index in [2.05, 4.69) is 23.6 Å². The summed E-state index contributed by atoms with van der Waals surface area (Å²) in [5.74, 6) is -0.398. The Labute approximate surface area is 171 Å². The Morgan fingerprint density at radius 2 is 1.31 bits per heavy atom. The predicted octanol–water partition coefficient (Wildman–Crippen LogP) is 3.54. The standard InChI is InChI=1S/C23H29F2N3O/c1-3-26(4-2)17-22(29)27-13-15-28(16-14-27)23(18-5-9-20(24)10-6-18)19-7-11-21(25)12-8-19/h5-12,23H,3-4,13-17H2,1-2H3. The molecule has 0 spiro atoms. The Morgan fingerprint density at radius 1 is 0.862 bits per heavy atom. The smallest absolute Gasteiger partial charge is 0.236 e. The van der Waals surface area contributed by atoms with Crippen molar-refractivity contribution < 1.29 is 13.6 Å². The lowest BCUT2D eigenvalue weighted by atomic mass is 9.96. The third-order valence-corrected chi connectivity index (χ3v) is 5.66. The molecule has 1 saturated heterocycles. The molecule has 2 aromatic carbocycles. The summed E-state index contributed by atoms with van der Waals surface area (Å²) in [5, 5.41) is 0. The summed E-state index contributed by atoms with van der Waals surface area (Å²) in [7, 11) is 0. The molecule has 1 amide bonds. The number of carbonyl (C=O) groups is 1. The van der Waals surface area contributed by atoms with Gasteiger partial charge in [0.15, 0.2) is 0 Å². The third-order valence-electron chi connectivity index (χ3n) is 5.66. The van der Waals surface area contributed by atoms with Crippen LogP contribution in [-0.2, 0) is 4.79 Å². The molecule has 1 aliphatic heterocycles. The van der Waals surface area contributed by atoms with Crippen LogP contribution in [0.5, 0.6) is 0 Å². The fourth-order valence-corrected chi connectivity index (χ4v) is 3.87. The highest BCUT2D eigenvalue weighted by atomic mass is 19.1. The fraction of sp³-hybridized carbons (Fsp3) is 0.435. The van der Waals surface area contributed by atoms with E-state index in [4.69, 9.17) is 0 Å². The first-order valence-corrected chi connectivity index (χ1v) is 10.3. The van der Waals surface area contributed by atoms with E-state index in [0.717, 1.165) is 24.2 Å². The SMILES string of the molecule is CCN(CC)CC(=O)N1CCN(C(c2ccc(F)cc2)c2ccc(F)cc2)CC1. The monoisotopic (exact) mass is 401 g/mol. The molecule has 0 bridgehead atoms. The molecular weight excluding hydrogens is 372 g/mol. The minimum Gasteiger partial charge on any atom is -0.339 e. The van der Waals surface area contributed by atoms with Crippen LogP contribution in [0.4, 0.5) is 8.78 Å². The molecule has 1 fully saturated rings. The highest BCUT2D eigenvalue weighted by Gasteiger charge is 2.28. The molecule has 0 unspecified atom stereocenters. The van der Waals surface area contributed by atoms with E-state index in [9.17, 15) is 13.6 Å². The summed E-state index contributed by atoms with van der Waals surface area (Å²) in [6.07, 6.45) is 0. The minimum atomic E-state index is -0.279. The van der Waals surface area contributed by atoms with Crippen LogP contribution < -0.4 is 0 Å². The highest BCUT2D eigenvalue weighted by molar-refractivity contribution is 5.78. The van der Waals surface area contributed by atoms with Crippen LogP contribution in [0.3, 0.4) is 0 Å². The number of hydrogen-bond donors (Lipinski definition) is 0. The summed E-state index contributed by atoms with van der Waals surface area (Å²) in [6.45, 7) is 9.02. The van der Waals surface area contributed by atoms with Crippen molar-refractivity contribution in [2.45, 2.75) is 19.9 Å². The molecule has 0 atom stereocenters. The van der Waals surface area contributed by atoms with Crippen molar-refractivity contribution in [1.29, 1.82) is 0 Å². The van der Waals surface area contributed by atoms with Gasteiger partial charge in [0.05, 0.1) is 12.6 Å². The van der Waals surface area contributed by atoms with E-state index in [-0.39, 0.29) is 23.6 Å². The van der Waals surface area contributed by atoms with Gasteiger partial charge in [-0.1, -0.05) is 38.1 Å². The van der Waals surface area contributed by atoms with Gasteiger partial charge < -0.3 is 4.90 Å². The molecule has 29 heavy (non-hydrogen) atoms.